The van der Waals surface area contributed by atoms with E-state index in [1.807, 2.05) is 38.1 Å². The van der Waals surface area contributed by atoms with E-state index in [-0.39, 0.29) is 11.4 Å². The Bertz CT molecular complexity index is 1020. The Morgan fingerprint density at radius 3 is 2.32 bits per heavy atom. The van der Waals surface area contributed by atoms with Crippen LogP contribution >= 0.6 is 0 Å². The molecular formula is C20H22N2O5S. The van der Waals surface area contributed by atoms with E-state index < -0.39 is 28.5 Å². The number of aryl methyl sites for hydroxylation is 2. The summed E-state index contributed by atoms with van der Waals surface area (Å²) in [6, 6.07) is 11.1. The van der Waals surface area contributed by atoms with Crippen molar-refractivity contribution in [3.05, 3.63) is 53.6 Å². The van der Waals surface area contributed by atoms with Gasteiger partial charge in [0.1, 0.15) is 18.0 Å². The SMILES string of the molecule is CCCN1C(=O)CN(S(=O)(=O)c2ccc(Oc3ccc(C)cc3)c(C)c2)C1=O. The molecule has 0 aromatic heterocycles. The number of hydrogen-bond acceptors (Lipinski definition) is 5. The highest BCUT2D eigenvalue weighted by molar-refractivity contribution is 7.89. The highest BCUT2D eigenvalue weighted by Crippen LogP contribution is 2.29. The van der Waals surface area contributed by atoms with Crippen molar-refractivity contribution in [2.75, 3.05) is 13.1 Å². The molecule has 0 atom stereocenters. The van der Waals surface area contributed by atoms with E-state index in [0.717, 1.165) is 10.5 Å². The van der Waals surface area contributed by atoms with Gasteiger partial charge in [0, 0.05) is 6.54 Å². The maximum absolute atomic E-state index is 12.9. The largest absolute Gasteiger partial charge is 0.457 e. The van der Waals surface area contributed by atoms with Gasteiger partial charge in [0.05, 0.1) is 4.90 Å². The summed E-state index contributed by atoms with van der Waals surface area (Å²) in [6.45, 7) is 5.24. The van der Waals surface area contributed by atoms with E-state index >= 15 is 0 Å². The average molecular weight is 402 g/mol. The van der Waals surface area contributed by atoms with Gasteiger partial charge in [-0.05, 0) is 56.2 Å². The fourth-order valence-electron chi connectivity index (χ4n) is 2.91. The third-order valence-corrected chi connectivity index (χ3v) is 6.17. The van der Waals surface area contributed by atoms with Crippen molar-refractivity contribution in [1.29, 1.82) is 0 Å². The lowest BCUT2D eigenvalue weighted by molar-refractivity contribution is -0.125. The number of ether oxygens (including phenoxy) is 1. The van der Waals surface area contributed by atoms with Gasteiger partial charge in [-0.3, -0.25) is 9.69 Å². The van der Waals surface area contributed by atoms with Gasteiger partial charge in [-0.15, -0.1) is 0 Å². The predicted molar refractivity (Wildman–Crippen MR) is 104 cm³/mol. The molecule has 1 heterocycles. The first-order valence-electron chi connectivity index (χ1n) is 8.96. The van der Waals surface area contributed by atoms with E-state index in [1.165, 1.54) is 12.1 Å². The molecule has 1 aliphatic rings. The fraction of sp³-hybridized carbons (Fsp3) is 0.300. The number of rotatable bonds is 6. The van der Waals surface area contributed by atoms with Gasteiger partial charge in [0.2, 0.25) is 0 Å². The number of nitrogens with zero attached hydrogens (tertiary/aromatic N) is 2. The van der Waals surface area contributed by atoms with Crippen LogP contribution in [0.15, 0.2) is 47.4 Å². The maximum Gasteiger partial charge on any atom is 0.341 e. The first kappa shape index (κ1) is 19.9. The summed E-state index contributed by atoms with van der Waals surface area (Å²) in [4.78, 5) is 25.3. The van der Waals surface area contributed by atoms with Gasteiger partial charge in [-0.1, -0.05) is 24.6 Å². The molecule has 0 aliphatic carbocycles. The van der Waals surface area contributed by atoms with Crippen molar-refractivity contribution < 1.29 is 22.7 Å². The van der Waals surface area contributed by atoms with E-state index in [0.29, 0.717) is 27.8 Å². The lowest BCUT2D eigenvalue weighted by atomic mass is 10.2. The summed E-state index contributed by atoms with van der Waals surface area (Å²) in [7, 11) is -4.12. The summed E-state index contributed by atoms with van der Waals surface area (Å²) in [5.41, 5.74) is 1.71. The minimum absolute atomic E-state index is 0.0549. The van der Waals surface area contributed by atoms with Gasteiger partial charge in [-0.2, -0.15) is 0 Å². The number of imide groups is 1. The molecule has 2 aromatic carbocycles. The molecule has 0 N–H and O–H groups in total. The van der Waals surface area contributed by atoms with Crippen LogP contribution < -0.4 is 4.74 Å². The monoisotopic (exact) mass is 402 g/mol. The Balaban J connectivity index is 1.85. The molecule has 0 unspecified atom stereocenters. The molecule has 28 heavy (non-hydrogen) atoms. The van der Waals surface area contributed by atoms with Crippen LogP contribution in [0, 0.1) is 13.8 Å². The second-order valence-electron chi connectivity index (χ2n) is 6.68. The Morgan fingerprint density at radius 2 is 1.71 bits per heavy atom. The van der Waals surface area contributed by atoms with Gasteiger partial charge in [0.25, 0.3) is 15.9 Å². The highest BCUT2D eigenvalue weighted by atomic mass is 32.2. The first-order chi connectivity index (χ1) is 13.2. The van der Waals surface area contributed by atoms with Crippen LogP contribution in [0.2, 0.25) is 0 Å². The molecule has 7 nitrogen and oxygen atoms in total. The fourth-order valence-corrected chi connectivity index (χ4v) is 4.31. The number of amides is 3. The van der Waals surface area contributed by atoms with Crippen LogP contribution in [0.25, 0.3) is 0 Å². The minimum atomic E-state index is -4.12. The van der Waals surface area contributed by atoms with Crippen LogP contribution in [0.5, 0.6) is 11.5 Å². The second kappa shape index (κ2) is 7.63. The molecule has 0 radical (unpaired) electrons. The normalized spacial score (nSPS) is 14.7. The smallest absolute Gasteiger partial charge is 0.341 e. The van der Waals surface area contributed by atoms with Crippen molar-refractivity contribution in [3.63, 3.8) is 0 Å². The molecule has 148 valence electrons. The highest BCUT2D eigenvalue weighted by Gasteiger charge is 2.43. The second-order valence-corrected chi connectivity index (χ2v) is 8.54. The molecule has 1 saturated heterocycles. The average Bonchev–Trinajstić information content (AvgIpc) is 2.94. The van der Waals surface area contributed by atoms with Crippen LogP contribution in [0.3, 0.4) is 0 Å². The molecule has 0 spiro atoms. The van der Waals surface area contributed by atoms with Gasteiger partial charge >= 0.3 is 6.03 Å². The molecular weight excluding hydrogens is 380 g/mol. The number of carbonyl (C=O) groups excluding carboxylic acids is 2. The molecule has 0 saturated carbocycles. The minimum Gasteiger partial charge on any atom is -0.457 e. The Hall–Kier alpha value is -2.87. The Kier molecular flexibility index (Phi) is 5.42. The zero-order chi connectivity index (χ0) is 20.5. The first-order valence-corrected chi connectivity index (χ1v) is 10.4. The predicted octanol–water partition coefficient (Wildman–Crippen LogP) is 3.46. The summed E-state index contributed by atoms with van der Waals surface area (Å²) >= 11 is 0. The maximum atomic E-state index is 12.9. The van der Waals surface area contributed by atoms with Crippen molar-refractivity contribution in [2.45, 2.75) is 32.1 Å². The summed E-state index contributed by atoms with van der Waals surface area (Å²) in [5.74, 6) is 0.644. The molecule has 3 amide bonds. The third kappa shape index (κ3) is 3.73. The van der Waals surface area contributed by atoms with Gasteiger partial charge < -0.3 is 4.74 Å². The zero-order valence-corrected chi connectivity index (χ0v) is 16.8. The van der Waals surface area contributed by atoms with Crippen molar-refractivity contribution >= 4 is 22.0 Å². The molecule has 8 heteroatoms. The molecule has 1 fully saturated rings. The summed E-state index contributed by atoms with van der Waals surface area (Å²) in [5, 5.41) is 0. The lowest BCUT2D eigenvalue weighted by Crippen LogP contribution is -2.36. The van der Waals surface area contributed by atoms with E-state index in [1.54, 1.807) is 13.0 Å². The van der Waals surface area contributed by atoms with E-state index in [9.17, 15) is 18.0 Å². The quantitative estimate of drug-likeness (QED) is 0.691. The number of hydrogen-bond donors (Lipinski definition) is 0. The summed E-state index contributed by atoms with van der Waals surface area (Å²) < 4.78 is 32.2. The number of sulfonamides is 1. The van der Waals surface area contributed by atoms with Crippen molar-refractivity contribution in [1.82, 2.24) is 9.21 Å². The lowest BCUT2D eigenvalue weighted by Gasteiger charge is -2.18. The van der Waals surface area contributed by atoms with Crippen LogP contribution in [0.1, 0.15) is 24.5 Å². The molecule has 0 bridgehead atoms. The Morgan fingerprint density at radius 1 is 1.04 bits per heavy atom. The number of carbonyl (C=O) groups is 2. The Labute approximate surface area is 164 Å². The van der Waals surface area contributed by atoms with E-state index in [2.05, 4.69) is 0 Å². The van der Waals surface area contributed by atoms with Gasteiger partial charge in [0.15, 0.2) is 0 Å². The topological polar surface area (TPSA) is 84.0 Å². The van der Waals surface area contributed by atoms with Crippen LogP contribution in [-0.2, 0) is 14.8 Å². The van der Waals surface area contributed by atoms with Crippen molar-refractivity contribution in [2.24, 2.45) is 0 Å². The van der Waals surface area contributed by atoms with Crippen molar-refractivity contribution in [3.8, 4) is 11.5 Å². The number of urea groups is 1. The van der Waals surface area contributed by atoms with E-state index in [4.69, 9.17) is 4.74 Å². The van der Waals surface area contributed by atoms with Gasteiger partial charge in [-0.25, -0.2) is 17.5 Å². The molecule has 2 aromatic rings. The number of benzene rings is 2. The molecule has 3 rings (SSSR count). The molecule has 1 aliphatic heterocycles. The standard InChI is InChI=1S/C20H22N2O5S/c1-4-11-21-19(23)13-22(20(21)24)28(25,26)17-9-10-18(15(3)12-17)27-16-7-5-14(2)6-8-16/h5-10,12H,4,11,13H2,1-3H3. The van der Waals surface area contributed by atoms with Crippen LogP contribution in [0.4, 0.5) is 4.79 Å². The zero-order valence-electron chi connectivity index (χ0n) is 16.0. The third-order valence-electron chi connectivity index (χ3n) is 4.45. The summed E-state index contributed by atoms with van der Waals surface area (Å²) in [6.07, 6.45) is 0.565. The van der Waals surface area contributed by atoms with Crippen LogP contribution in [-0.4, -0.2) is 42.7 Å².